The molecule has 3 N–H and O–H groups in total. The predicted molar refractivity (Wildman–Crippen MR) is 145 cm³/mol. The Kier molecular flexibility index (Phi) is 10.4. The first-order chi connectivity index (χ1) is 19.2. The van der Waals surface area contributed by atoms with Gasteiger partial charge in [-0.25, -0.2) is 15.0 Å². The second-order valence-electron chi connectivity index (χ2n) is 9.41. The number of hydrogen-bond donors (Lipinski definition) is 3. The second-order valence-corrected chi connectivity index (χ2v) is 9.41. The van der Waals surface area contributed by atoms with Gasteiger partial charge in [-0.2, -0.15) is 5.26 Å². The SMILES string of the molecule is N#Cc1ncc[n+](O)c1N[C@H](C=O)CCN(CCCCc1ccc2c(n1)NCCC2)CCOc1ccccn1. The summed E-state index contributed by atoms with van der Waals surface area (Å²) >= 11 is 0. The van der Waals surface area contributed by atoms with Gasteiger partial charge in [0.05, 0.1) is 6.20 Å². The van der Waals surface area contributed by atoms with Crippen LogP contribution in [0.4, 0.5) is 11.6 Å². The molecule has 0 fully saturated rings. The summed E-state index contributed by atoms with van der Waals surface area (Å²) in [6.45, 7) is 3.56. The van der Waals surface area contributed by atoms with Crippen LogP contribution in [-0.2, 0) is 17.6 Å². The topological polar surface area (TPSA) is 140 Å². The van der Waals surface area contributed by atoms with Crippen LogP contribution in [-0.4, -0.2) is 70.2 Å². The molecule has 4 heterocycles. The van der Waals surface area contributed by atoms with Crippen molar-refractivity contribution in [2.75, 3.05) is 43.4 Å². The number of unbranched alkanes of at least 4 members (excludes halogenated alkanes) is 1. The summed E-state index contributed by atoms with van der Waals surface area (Å²) in [5.41, 5.74) is 2.40. The van der Waals surface area contributed by atoms with E-state index in [1.165, 1.54) is 18.0 Å². The van der Waals surface area contributed by atoms with Crippen LogP contribution in [0.5, 0.6) is 5.88 Å². The van der Waals surface area contributed by atoms with E-state index in [0.29, 0.717) is 32.0 Å². The molecule has 0 aliphatic carbocycles. The lowest BCUT2D eigenvalue weighted by atomic mass is 10.1. The molecule has 0 bridgehead atoms. The second kappa shape index (κ2) is 14.6. The van der Waals surface area contributed by atoms with Gasteiger partial charge in [-0.1, -0.05) is 12.1 Å². The first kappa shape index (κ1) is 27.7. The lowest BCUT2D eigenvalue weighted by Crippen LogP contribution is -2.40. The zero-order valence-electron chi connectivity index (χ0n) is 22.0. The Morgan fingerprint density at radius 3 is 2.95 bits per heavy atom. The summed E-state index contributed by atoms with van der Waals surface area (Å²) in [4.78, 5) is 27.0. The number of ether oxygens (including phenoxy) is 1. The highest BCUT2D eigenvalue weighted by Crippen LogP contribution is 2.20. The highest BCUT2D eigenvalue weighted by molar-refractivity contribution is 5.63. The molecule has 1 atom stereocenters. The third kappa shape index (κ3) is 8.35. The number of nitrogens with zero attached hydrogens (tertiary/aromatic N) is 6. The number of pyridine rings is 2. The average molecular weight is 532 g/mol. The lowest BCUT2D eigenvalue weighted by Gasteiger charge is -2.23. The Bertz CT molecular complexity index is 1250. The smallest absolute Gasteiger partial charge is 0.351 e. The molecular formula is C28H35N8O3+. The van der Waals surface area contributed by atoms with E-state index in [1.54, 1.807) is 6.20 Å². The zero-order valence-corrected chi connectivity index (χ0v) is 22.0. The van der Waals surface area contributed by atoms with Crippen LogP contribution in [0.15, 0.2) is 48.9 Å². The molecule has 0 unspecified atom stereocenters. The maximum absolute atomic E-state index is 11.8. The highest BCUT2D eigenvalue weighted by atomic mass is 16.5. The summed E-state index contributed by atoms with van der Waals surface area (Å²) in [5, 5.41) is 25.7. The van der Waals surface area contributed by atoms with Crippen molar-refractivity contribution in [3.63, 3.8) is 0 Å². The number of fused-ring (bicyclic) bond motifs is 1. The number of hydrogen-bond acceptors (Lipinski definition) is 10. The minimum atomic E-state index is -0.605. The summed E-state index contributed by atoms with van der Waals surface area (Å²) in [7, 11) is 0. The third-order valence-electron chi connectivity index (χ3n) is 6.62. The number of carbonyl (C=O) groups is 1. The molecule has 0 radical (unpaired) electrons. The van der Waals surface area contributed by atoms with E-state index in [0.717, 1.165) is 67.7 Å². The number of rotatable bonds is 15. The van der Waals surface area contributed by atoms with Gasteiger partial charge in [0.25, 0.3) is 0 Å². The first-order valence-corrected chi connectivity index (χ1v) is 13.4. The summed E-state index contributed by atoms with van der Waals surface area (Å²) in [6.07, 6.45) is 10.7. The molecule has 0 amide bonds. The monoisotopic (exact) mass is 531 g/mol. The predicted octanol–water partition coefficient (Wildman–Crippen LogP) is 2.40. The fourth-order valence-corrected chi connectivity index (χ4v) is 4.50. The van der Waals surface area contributed by atoms with Gasteiger partial charge < -0.3 is 15.3 Å². The van der Waals surface area contributed by atoms with Crippen molar-refractivity contribution in [2.24, 2.45) is 0 Å². The molecule has 11 heteroatoms. The minimum absolute atomic E-state index is 0.0125. The number of nitrogens with one attached hydrogen (secondary N) is 2. The maximum Gasteiger partial charge on any atom is 0.351 e. The quantitative estimate of drug-likeness (QED) is 0.116. The Hall–Kier alpha value is -4.30. The van der Waals surface area contributed by atoms with E-state index < -0.39 is 6.04 Å². The molecular weight excluding hydrogens is 496 g/mol. The van der Waals surface area contributed by atoms with Gasteiger partial charge in [-0.15, -0.1) is 0 Å². The molecule has 204 valence electrons. The third-order valence-corrected chi connectivity index (χ3v) is 6.62. The number of aldehydes is 1. The number of anilines is 2. The van der Waals surface area contributed by atoms with E-state index in [4.69, 9.17) is 9.72 Å². The van der Waals surface area contributed by atoms with Crippen molar-refractivity contribution >= 4 is 17.9 Å². The highest BCUT2D eigenvalue weighted by Gasteiger charge is 2.23. The molecule has 3 aromatic rings. The molecule has 0 saturated carbocycles. The van der Waals surface area contributed by atoms with Gasteiger partial charge in [0.2, 0.25) is 11.6 Å². The average Bonchev–Trinajstić information content (AvgIpc) is 2.98. The van der Waals surface area contributed by atoms with Crippen molar-refractivity contribution in [1.29, 1.82) is 5.26 Å². The summed E-state index contributed by atoms with van der Waals surface area (Å²) < 4.78 is 6.57. The maximum atomic E-state index is 11.8. The summed E-state index contributed by atoms with van der Waals surface area (Å²) in [6, 6.07) is 11.2. The van der Waals surface area contributed by atoms with Crippen molar-refractivity contribution in [1.82, 2.24) is 19.9 Å². The first-order valence-electron chi connectivity index (χ1n) is 13.4. The molecule has 11 nitrogen and oxygen atoms in total. The van der Waals surface area contributed by atoms with Crippen molar-refractivity contribution in [3.05, 3.63) is 65.9 Å². The molecule has 0 saturated heterocycles. The lowest BCUT2D eigenvalue weighted by molar-refractivity contribution is -0.894. The van der Waals surface area contributed by atoms with Gasteiger partial charge in [-0.05, 0) is 61.1 Å². The minimum Gasteiger partial charge on any atom is -0.476 e. The number of aryl methyl sites for hydroxylation is 2. The number of nitriles is 1. The van der Waals surface area contributed by atoms with Gasteiger partial charge in [0.1, 0.15) is 18.5 Å². The fraction of sp³-hybridized carbons (Fsp3) is 0.429. The molecule has 0 spiro atoms. The molecule has 0 aromatic carbocycles. The van der Waals surface area contributed by atoms with E-state index in [-0.39, 0.29) is 11.5 Å². The molecule has 1 aliphatic rings. The zero-order chi connectivity index (χ0) is 27.3. The van der Waals surface area contributed by atoms with Crippen LogP contribution in [0, 0.1) is 11.3 Å². The van der Waals surface area contributed by atoms with Crippen molar-refractivity contribution in [2.45, 2.75) is 44.6 Å². The fourth-order valence-electron chi connectivity index (χ4n) is 4.50. The Labute approximate surface area is 228 Å². The Morgan fingerprint density at radius 2 is 2.13 bits per heavy atom. The normalized spacial score (nSPS) is 13.1. The molecule has 39 heavy (non-hydrogen) atoms. The largest absolute Gasteiger partial charge is 0.476 e. The van der Waals surface area contributed by atoms with Crippen molar-refractivity contribution in [3.8, 4) is 11.9 Å². The van der Waals surface area contributed by atoms with Crippen LogP contribution in [0.25, 0.3) is 0 Å². The number of carbonyl (C=O) groups excluding carboxylic acids is 1. The van der Waals surface area contributed by atoms with Crippen LogP contribution >= 0.6 is 0 Å². The van der Waals surface area contributed by atoms with Crippen LogP contribution in [0.2, 0.25) is 0 Å². The van der Waals surface area contributed by atoms with E-state index in [9.17, 15) is 15.3 Å². The van der Waals surface area contributed by atoms with Crippen LogP contribution < -0.4 is 20.1 Å². The van der Waals surface area contributed by atoms with Gasteiger partial charge in [0, 0.05) is 44.0 Å². The number of aromatic nitrogens is 4. The van der Waals surface area contributed by atoms with Gasteiger partial charge in [0.15, 0.2) is 18.5 Å². The molecule has 3 aromatic heterocycles. The van der Waals surface area contributed by atoms with Crippen molar-refractivity contribution < 1.29 is 19.5 Å². The van der Waals surface area contributed by atoms with E-state index in [1.807, 2.05) is 24.3 Å². The Morgan fingerprint density at radius 1 is 1.21 bits per heavy atom. The van der Waals surface area contributed by atoms with Gasteiger partial charge >= 0.3 is 5.82 Å². The van der Waals surface area contributed by atoms with Crippen LogP contribution in [0.1, 0.15) is 42.6 Å². The standard InChI is InChI=1S/C28H34N8O3/c29-20-25-28(36(38)17-14-30-25)34-24(21-37)11-16-35(18-19-39-26-8-1-3-12-31-26)15-4-2-7-23-10-9-22-6-5-13-32-27(22)33-23/h1,3,8-10,12,14,17,21,24,38H,2,4-7,11,13,15-16,18-19H2,(H,32,33)/p+1/t24-/m0/s1. The Balaban J connectivity index is 1.30. The molecule has 1 aliphatic heterocycles. The molecule has 4 rings (SSSR count). The van der Waals surface area contributed by atoms with E-state index >= 15 is 0 Å². The van der Waals surface area contributed by atoms with Gasteiger partial charge in [-0.3, -0.25) is 15.0 Å². The van der Waals surface area contributed by atoms with E-state index in [2.05, 4.69) is 37.6 Å². The van der Waals surface area contributed by atoms with Crippen LogP contribution in [0.3, 0.4) is 0 Å². The summed E-state index contributed by atoms with van der Waals surface area (Å²) in [5.74, 6) is 1.69.